The van der Waals surface area contributed by atoms with Gasteiger partial charge in [0.25, 0.3) is 0 Å². The van der Waals surface area contributed by atoms with Crippen molar-refractivity contribution in [3.63, 3.8) is 0 Å². The van der Waals surface area contributed by atoms with Crippen molar-refractivity contribution in [3.8, 4) is 0 Å². The number of nitrogens with two attached hydrogens (primary N) is 1. The second-order valence-electron chi connectivity index (χ2n) is 5.45. The molecule has 0 unspecified atom stereocenters. The lowest BCUT2D eigenvalue weighted by Gasteiger charge is -2.03. The number of aromatic nitrogens is 3. The van der Waals surface area contributed by atoms with E-state index < -0.39 is 23.5 Å². The lowest BCUT2D eigenvalue weighted by atomic mass is 10.3. The van der Waals surface area contributed by atoms with E-state index in [4.69, 9.17) is 59.1 Å². The number of aliphatic hydroxyl groups is 1. The van der Waals surface area contributed by atoms with Crippen molar-refractivity contribution >= 4 is 40.6 Å². The number of anilines is 1. The third kappa shape index (κ3) is 26.9. The highest BCUT2D eigenvalue weighted by molar-refractivity contribution is 7.46. The summed E-state index contributed by atoms with van der Waals surface area (Å²) in [4.78, 5) is 72.6. The first-order chi connectivity index (χ1) is 14.7. The van der Waals surface area contributed by atoms with Crippen LogP contribution in [-0.2, 0) is 31.2 Å². The minimum Gasteiger partial charge on any atom is -0.391 e. The van der Waals surface area contributed by atoms with Crippen LogP contribution in [0.3, 0.4) is 0 Å². The molecule has 0 amide bonds. The zero-order valence-corrected chi connectivity index (χ0v) is 20.6. The van der Waals surface area contributed by atoms with Crippen LogP contribution in [0.15, 0.2) is 11.7 Å². The van der Waals surface area contributed by atoms with Crippen molar-refractivity contribution in [1.29, 1.82) is 0 Å². The minimum atomic E-state index is -4.64. The van der Waals surface area contributed by atoms with Gasteiger partial charge in [0.1, 0.15) is 11.6 Å². The Hall–Kier alpha value is -1.20. The zero-order chi connectivity index (χ0) is 26.5. The van der Waals surface area contributed by atoms with E-state index in [1.807, 2.05) is 6.92 Å². The van der Waals surface area contributed by atoms with Gasteiger partial charge in [-0.2, -0.15) is 0 Å². The van der Waals surface area contributed by atoms with Gasteiger partial charge in [-0.1, -0.05) is 0 Å². The molecule has 0 saturated heterocycles. The third-order valence-electron chi connectivity index (χ3n) is 2.62. The van der Waals surface area contributed by atoms with Crippen molar-refractivity contribution < 1.29 is 62.5 Å². The summed E-state index contributed by atoms with van der Waals surface area (Å²) < 4.78 is 32.4. The van der Waals surface area contributed by atoms with Gasteiger partial charge in [-0.25, -0.2) is 28.6 Å². The van der Waals surface area contributed by atoms with Gasteiger partial charge in [0.15, 0.2) is 0 Å². The average Bonchev–Trinajstić information content (AvgIpc) is 2.96. The molecule has 33 heavy (non-hydrogen) atoms. The third-order valence-corrected chi connectivity index (χ3v) is 4.14. The Balaban J connectivity index is 0. The number of thiazole rings is 1. The van der Waals surface area contributed by atoms with E-state index in [-0.39, 0.29) is 13.2 Å². The first-order valence-electron chi connectivity index (χ1n) is 8.07. The van der Waals surface area contributed by atoms with Crippen molar-refractivity contribution in [2.75, 3.05) is 12.3 Å². The van der Waals surface area contributed by atoms with Crippen LogP contribution in [0.1, 0.15) is 22.0 Å². The van der Waals surface area contributed by atoms with Gasteiger partial charge < -0.3 is 50.0 Å². The van der Waals surface area contributed by atoms with Crippen LogP contribution in [-0.4, -0.2) is 65.8 Å². The Morgan fingerprint density at radius 2 is 1.45 bits per heavy atom. The normalized spacial score (nSPS) is 11.2. The fraction of sp³-hybridized carbons (Fsp3) is 0.417. The van der Waals surface area contributed by atoms with Crippen LogP contribution in [0.5, 0.6) is 0 Å². The van der Waals surface area contributed by atoms with E-state index in [9.17, 15) is 4.57 Å². The van der Waals surface area contributed by atoms with Crippen LogP contribution in [0.25, 0.3) is 0 Å². The summed E-state index contributed by atoms with van der Waals surface area (Å²) in [5.41, 5.74) is 8.58. The maximum Gasteiger partial charge on any atom is 0.469 e. The molecule has 0 aromatic carbocycles. The molecule has 2 heterocycles. The maximum atomic E-state index is 10.3. The number of phosphoric acid groups is 3. The molecule has 17 nitrogen and oxygen atoms in total. The summed E-state index contributed by atoms with van der Waals surface area (Å²) >= 11 is 1.46. The average molecular weight is 558 g/mol. The number of nitrogens with zero attached hydrogens (tertiary/aromatic N) is 3. The Morgan fingerprint density at radius 1 is 0.970 bits per heavy atom. The summed E-state index contributed by atoms with van der Waals surface area (Å²) in [6, 6.07) is 0. The largest absolute Gasteiger partial charge is 0.469 e. The van der Waals surface area contributed by atoms with Gasteiger partial charge >= 0.3 is 23.5 Å². The predicted molar refractivity (Wildman–Crippen MR) is 114 cm³/mol. The molecule has 0 bridgehead atoms. The molecule has 2 aromatic heterocycles. The number of phosphoric ester groups is 1. The molecule has 192 valence electrons. The predicted octanol–water partition coefficient (Wildman–Crippen LogP) is -0.894. The van der Waals surface area contributed by atoms with Crippen molar-refractivity contribution in [2.45, 2.75) is 26.9 Å². The standard InChI is InChI=1S/C6H9N3O.C6H10NO4PS.2H3O4P/c1-4-8-2-5(3-10)6(7)9-4;1-5-6(13-4-7-5)2-3-11-12(8,9)10;2*1-5(2,3)4/h2,10H,3H2,1H3,(H2,7,8,9);4H,2-3H2,1H3,(H2,8,9,10);2*(H3,1,2,3,4). The molecule has 2 aromatic rings. The molecule has 0 aliphatic carbocycles. The molecule has 0 saturated carbocycles. The molecule has 0 aliphatic heterocycles. The quantitative estimate of drug-likeness (QED) is 0.199. The van der Waals surface area contributed by atoms with Gasteiger partial charge in [-0.15, -0.1) is 11.3 Å². The van der Waals surface area contributed by atoms with Crippen LogP contribution < -0.4 is 5.73 Å². The highest BCUT2D eigenvalue weighted by atomic mass is 32.1. The summed E-state index contributed by atoms with van der Waals surface area (Å²) in [6.07, 6.45) is 2.01. The fourth-order valence-electron chi connectivity index (χ4n) is 1.46. The highest BCUT2D eigenvalue weighted by Crippen LogP contribution is 2.35. The topological polar surface area (TPSA) is 307 Å². The molecule has 21 heteroatoms. The van der Waals surface area contributed by atoms with E-state index >= 15 is 0 Å². The molecule has 11 N–H and O–H groups in total. The molecule has 2 rings (SSSR count). The molecular weight excluding hydrogens is 533 g/mol. The number of nitrogen functional groups attached to an aromatic ring is 1. The first kappa shape index (κ1) is 34.0. The van der Waals surface area contributed by atoms with E-state index in [2.05, 4.69) is 19.5 Å². The second-order valence-corrected chi connectivity index (χ2v) is 9.68. The smallest absolute Gasteiger partial charge is 0.391 e. The van der Waals surface area contributed by atoms with Crippen LogP contribution in [0, 0.1) is 13.8 Å². The number of rotatable bonds is 5. The number of aryl methyl sites for hydroxylation is 2. The van der Waals surface area contributed by atoms with Gasteiger partial charge in [0.2, 0.25) is 0 Å². The van der Waals surface area contributed by atoms with E-state index in [1.54, 1.807) is 12.4 Å². The lowest BCUT2D eigenvalue weighted by Crippen LogP contribution is -2.00. The molecule has 0 aliphatic rings. The van der Waals surface area contributed by atoms with E-state index in [1.165, 1.54) is 17.5 Å². The van der Waals surface area contributed by atoms with E-state index in [0.717, 1.165) is 10.6 Å². The summed E-state index contributed by atoms with van der Waals surface area (Å²) in [6.45, 7) is 3.51. The van der Waals surface area contributed by atoms with Crippen molar-refractivity contribution in [1.82, 2.24) is 15.0 Å². The van der Waals surface area contributed by atoms with E-state index in [0.29, 0.717) is 23.6 Å². The number of hydrogen-bond acceptors (Lipinski definition) is 10. The number of aliphatic hydroxyl groups excluding tert-OH is 1. The Labute approximate surface area is 191 Å². The molecule has 0 fully saturated rings. The van der Waals surface area contributed by atoms with Gasteiger partial charge in [-0.05, 0) is 13.8 Å². The summed E-state index contributed by atoms with van der Waals surface area (Å²) in [5, 5.41) is 8.65. The zero-order valence-electron chi connectivity index (χ0n) is 17.1. The fourth-order valence-corrected chi connectivity index (χ4v) is 2.55. The van der Waals surface area contributed by atoms with Crippen LogP contribution in [0.4, 0.5) is 5.82 Å². The van der Waals surface area contributed by atoms with Gasteiger partial charge in [-0.3, -0.25) is 4.52 Å². The minimum absolute atomic E-state index is 0.0211. The Kier molecular flexibility index (Phi) is 16.1. The van der Waals surface area contributed by atoms with Crippen LogP contribution >= 0.6 is 34.8 Å². The lowest BCUT2D eigenvalue weighted by molar-refractivity contribution is 0.199. The van der Waals surface area contributed by atoms with Gasteiger partial charge in [0.05, 0.1) is 24.4 Å². The molecule has 0 spiro atoms. The summed E-state index contributed by atoms with van der Waals surface area (Å²) in [5.74, 6) is 0.977. The second kappa shape index (κ2) is 15.7. The molecular formula is C12H25N4O13P3S. The highest BCUT2D eigenvalue weighted by Gasteiger charge is 2.13. The SMILES string of the molecule is Cc1ncc(CO)c(N)n1.Cc1ncsc1CCOP(=O)(O)O.O=P(O)(O)O.O=P(O)(O)O. The Bertz CT molecular complexity index is 937. The van der Waals surface area contributed by atoms with Crippen LogP contribution in [0.2, 0.25) is 0 Å². The van der Waals surface area contributed by atoms with Crippen molar-refractivity contribution in [3.05, 3.63) is 33.7 Å². The number of hydrogen-bond donors (Lipinski definition) is 10. The molecule has 0 atom stereocenters. The Morgan fingerprint density at radius 3 is 1.79 bits per heavy atom. The first-order valence-corrected chi connectivity index (χ1v) is 13.6. The summed E-state index contributed by atoms with van der Waals surface area (Å²) in [7, 11) is -13.6. The molecule has 0 radical (unpaired) electrons. The maximum absolute atomic E-state index is 10.3. The monoisotopic (exact) mass is 558 g/mol. The van der Waals surface area contributed by atoms with Crippen molar-refractivity contribution in [2.24, 2.45) is 0 Å². The van der Waals surface area contributed by atoms with Gasteiger partial charge in [0, 0.05) is 23.1 Å².